The molecule has 0 unspecified atom stereocenters. The van der Waals surface area contributed by atoms with Gasteiger partial charge in [-0.3, -0.25) is 4.99 Å². The van der Waals surface area contributed by atoms with E-state index in [0.717, 1.165) is 5.84 Å². The first-order valence-electron chi connectivity index (χ1n) is 4.11. The molecule has 3 heteroatoms. The van der Waals surface area contributed by atoms with E-state index >= 15 is 0 Å². The number of hydrogen-bond acceptors (Lipinski definition) is 2. The lowest BCUT2D eigenvalue weighted by Crippen LogP contribution is -2.39. The second kappa shape index (κ2) is 2.81. The van der Waals surface area contributed by atoms with E-state index in [9.17, 15) is 0 Å². The number of nitrogens with two attached hydrogens (primary N) is 1. The van der Waals surface area contributed by atoms with Gasteiger partial charge in [0.05, 0.1) is 0 Å². The second-order valence-electron chi connectivity index (χ2n) is 3.53. The molecule has 0 aromatic carbocycles. The van der Waals surface area contributed by atoms with Crippen molar-refractivity contribution >= 4 is 5.84 Å². The average molecular weight is 155 g/mol. The third-order valence-corrected chi connectivity index (χ3v) is 2.73. The van der Waals surface area contributed by atoms with Crippen LogP contribution in [0.2, 0.25) is 0 Å². The number of hydrogen-bond donors (Lipinski definition) is 2. The Hall–Kier alpha value is -0.570. The van der Waals surface area contributed by atoms with Gasteiger partial charge in [0.25, 0.3) is 0 Å². The molecule has 0 radical (unpaired) electrons. The fraction of sp³-hybridized carbons (Fsp3) is 0.875. The maximum absolute atomic E-state index is 5.37. The van der Waals surface area contributed by atoms with Crippen LogP contribution in [0.15, 0.2) is 4.99 Å². The molecule has 0 bridgehead atoms. The number of nitrogens with one attached hydrogen (secondary N) is 1. The number of aliphatic imine (C=N–C) groups is 1. The van der Waals surface area contributed by atoms with E-state index in [4.69, 9.17) is 5.84 Å². The number of rotatable bonds is 2. The summed E-state index contributed by atoms with van der Waals surface area (Å²) in [5.74, 6) is 6.97. The summed E-state index contributed by atoms with van der Waals surface area (Å²) in [5, 5.41) is 0. The van der Waals surface area contributed by atoms with Gasteiger partial charge in [-0.25, -0.2) is 5.84 Å². The molecule has 0 saturated heterocycles. The van der Waals surface area contributed by atoms with Crippen LogP contribution in [-0.2, 0) is 0 Å². The van der Waals surface area contributed by atoms with Crippen LogP contribution in [0.1, 0.15) is 26.7 Å². The molecule has 3 N–H and O–H groups in total. The lowest BCUT2D eigenvalue weighted by Gasteiger charge is -2.20. The Bertz CT molecular complexity index is 168. The first-order chi connectivity index (χ1) is 5.17. The van der Waals surface area contributed by atoms with Gasteiger partial charge < -0.3 is 5.43 Å². The smallest absolute Gasteiger partial charge is 0.117 e. The van der Waals surface area contributed by atoms with Gasteiger partial charge in [0.2, 0.25) is 0 Å². The second-order valence-corrected chi connectivity index (χ2v) is 3.53. The molecule has 1 aliphatic rings. The van der Waals surface area contributed by atoms with E-state index in [-0.39, 0.29) is 5.41 Å². The zero-order chi connectivity index (χ0) is 8.48. The highest BCUT2D eigenvalue weighted by molar-refractivity contribution is 5.90. The quantitative estimate of drug-likeness (QED) is 0.269. The summed E-state index contributed by atoms with van der Waals surface area (Å²) in [6.07, 6.45) is 2.45. The molecule has 1 fully saturated rings. The molecule has 0 atom stereocenters. The van der Waals surface area contributed by atoms with Crippen LogP contribution in [-0.4, -0.2) is 12.9 Å². The zero-order valence-corrected chi connectivity index (χ0v) is 7.52. The lowest BCUT2D eigenvalue weighted by atomic mass is 9.91. The van der Waals surface area contributed by atoms with Crippen LogP contribution in [0.4, 0.5) is 0 Å². The van der Waals surface area contributed by atoms with Crippen LogP contribution in [0.25, 0.3) is 0 Å². The summed E-state index contributed by atoms with van der Waals surface area (Å²) < 4.78 is 0. The Morgan fingerprint density at radius 1 is 1.55 bits per heavy atom. The minimum Gasteiger partial charge on any atom is -0.312 e. The third kappa shape index (κ3) is 1.25. The summed E-state index contributed by atoms with van der Waals surface area (Å²) >= 11 is 0. The van der Waals surface area contributed by atoms with Crippen molar-refractivity contribution in [2.75, 3.05) is 7.05 Å². The Morgan fingerprint density at radius 2 is 2.09 bits per heavy atom. The van der Waals surface area contributed by atoms with Crippen molar-refractivity contribution in [2.45, 2.75) is 26.7 Å². The number of nitrogens with zero attached hydrogens (tertiary/aromatic N) is 1. The van der Waals surface area contributed by atoms with Gasteiger partial charge in [-0.1, -0.05) is 13.8 Å². The van der Waals surface area contributed by atoms with E-state index in [1.165, 1.54) is 12.8 Å². The summed E-state index contributed by atoms with van der Waals surface area (Å²) in [7, 11) is 1.79. The zero-order valence-electron chi connectivity index (χ0n) is 7.52. The van der Waals surface area contributed by atoms with E-state index < -0.39 is 0 Å². The van der Waals surface area contributed by atoms with Crippen molar-refractivity contribution in [1.29, 1.82) is 0 Å². The maximum Gasteiger partial charge on any atom is 0.117 e. The van der Waals surface area contributed by atoms with Crippen molar-refractivity contribution in [3.63, 3.8) is 0 Å². The molecule has 0 heterocycles. The van der Waals surface area contributed by atoms with Gasteiger partial charge in [0.1, 0.15) is 5.84 Å². The molecule has 0 aliphatic heterocycles. The fourth-order valence-corrected chi connectivity index (χ4v) is 1.65. The lowest BCUT2D eigenvalue weighted by molar-refractivity contribution is 0.465. The SMILES string of the molecule is CN=C(NN)C1(C(C)C)CC1. The van der Waals surface area contributed by atoms with Gasteiger partial charge in [0.15, 0.2) is 0 Å². The van der Waals surface area contributed by atoms with Crippen LogP contribution >= 0.6 is 0 Å². The monoisotopic (exact) mass is 155 g/mol. The predicted molar refractivity (Wildman–Crippen MR) is 47.2 cm³/mol. The normalized spacial score (nSPS) is 22.1. The summed E-state index contributed by atoms with van der Waals surface area (Å²) in [6.45, 7) is 4.44. The number of hydrazine groups is 1. The molecular formula is C8H17N3. The molecule has 0 aromatic heterocycles. The van der Waals surface area contributed by atoms with Crippen LogP contribution in [0, 0.1) is 11.3 Å². The van der Waals surface area contributed by atoms with Crippen molar-refractivity contribution in [1.82, 2.24) is 5.43 Å². The first-order valence-corrected chi connectivity index (χ1v) is 4.11. The average Bonchev–Trinajstić information content (AvgIpc) is 2.71. The highest BCUT2D eigenvalue weighted by Crippen LogP contribution is 2.52. The van der Waals surface area contributed by atoms with E-state index in [1.54, 1.807) is 7.05 Å². The minimum absolute atomic E-state index is 0.281. The topological polar surface area (TPSA) is 50.4 Å². The Labute approximate surface area is 68.0 Å². The Balaban J connectivity index is 2.72. The van der Waals surface area contributed by atoms with Crippen LogP contribution in [0.5, 0.6) is 0 Å². The van der Waals surface area contributed by atoms with Gasteiger partial charge in [-0.15, -0.1) is 0 Å². The van der Waals surface area contributed by atoms with Gasteiger partial charge >= 0.3 is 0 Å². The third-order valence-electron chi connectivity index (χ3n) is 2.73. The van der Waals surface area contributed by atoms with Gasteiger partial charge in [0, 0.05) is 12.5 Å². The molecule has 1 rings (SSSR count). The molecular weight excluding hydrogens is 138 g/mol. The summed E-state index contributed by atoms with van der Waals surface area (Å²) in [5.41, 5.74) is 2.97. The van der Waals surface area contributed by atoms with Crippen LogP contribution < -0.4 is 11.3 Å². The fourth-order valence-electron chi connectivity index (χ4n) is 1.65. The van der Waals surface area contributed by atoms with Crippen molar-refractivity contribution in [3.8, 4) is 0 Å². The van der Waals surface area contributed by atoms with E-state index in [0.29, 0.717) is 5.92 Å². The predicted octanol–water partition coefficient (Wildman–Crippen LogP) is 0.914. The largest absolute Gasteiger partial charge is 0.312 e. The van der Waals surface area contributed by atoms with Crippen molar-refractivity contribution in [2.24, 2.45) is 22.2 Å². The van der Waals surface area contributed by atoms with Crippen LogP contribution in [0.3, 0.4) is 0 Å². The molecule has 11 heavy (non-hydrogen) atoms. The van der Waals surface area contributed by atoms with Gasteiger partial charge in [-0.05, 0) is 18.8 Å². The minimum atomic E-state index is 0.281. The Kier molecular flexibility index (Phi) is 2.18. The molecule has 0 aromatic rings. The Morgan fingerprint density at radius 3 is 2.18 bits per heavy atom. The summed E-state index contributed by atoms with van der Waals surface area (Å²) in [4.78, 5) is 4.14. The highest BCUT2D eigenvalue weighted by Gasteiger charge is 2.49. The standard InChI is InChI=1S/C8H17N3/c1-6(2)8(4-5-8)7(10-3)11-9/h6H,4-5,9H2,1-3H3,(H,10,11). The van der Waals surface area contributed by atoms with Gasteiger partial charge in [-0.2, -0.15) is 0 Å². The van der Waals surface area contributed by atoms with Crippen molar-refractivity contribution < 1.29 is 0 Å². The van der Waals surface area contributed by atoms with E-state index in [2.05, 4.69) is 24.3 Å². The maximum atomic E-state index is 5.37. The van der Waals surface area contributed by atoms with Crippen molar-refractivity contribution in [3.05, 3.63) is 0 Å². The highest BCUT2D eigenvalue weighted by atomic mass is 15.3. The first kappa shape index (κ1) is 8.53. The molecule has 1 aliphatic carbocycles. The molecule has 3 nitrogen and oxygen atoms in total. The molecule has 64 valence electrons. The molecule has 0 amide bonds. The molecule has 1 saturated carbocycles. The molecule has 0 spiro atoms. The van der Waals surface area contributed by atoms with E-state index in [1.807, 2.05) is 0 Å². The summed E-state index contributed by atoms with van der Waals surface area (Å²) in [6, 6.07) is 0. The number of amidine groups is 1.